The fourth-order valence-electron chi connectivity index (χ4n) is 1.31. The highest BCUT2D eigenvalue weighted by atomic mass is 32.2. The monoisotopic (exact) mass is 179 g/mol. The molecule has 66 valence electrons. The van der Waals surface area contributed by atoms with Crippen LogP contribution in [0.5, 0.6) is 0 Å². The molecule has 2 N–H and O–H groups in total. The molecule has 0 radical (unpaired) electrons. The van der Waals surface area contributed by atoms with E-state index >= 15 is 0 Å². The maximum Gasteiger partial charge on any atom is 0.211 e. The summed E-state index contributed by atoms with van der Waals surface area (Å²) in [4.78, 5) is 0. The van der Waals surface area contributed by atoms with Crippen LogP contribution in [0, 0.1) is 5.92 Å². The Bertz CT molecular complexity index is 218. The van der Waals surface area contributed by atoms with E-state index in [-0.39, 0.29) is 5.25 Å². The molecule has 0 saturated heterocycles. The van der Waals surface area contributed by atoms with E-state index in [0.29, 0.717) is 25.4 Å². The maximum absolute atomic E-state index is 10.7. The lowest BCUT2D eigenvalue weighted by molar-refractivity contribution is 0.113. The van der Waals surface area contributed by atoms with E-state index in [1.807, 2.05) is 0 Å². The quantitative estimate of drug-likeness (QED) is 0.646. The second kappa shape index (κ2) is 3.08. The molecule has 5 heteroatoms. The van der Waals surface area contributed by atoms with Gasteiger partial charge in [0.2, 0.25) is 10.0 Å². The third kappa shape index (κ3) is 2.15. The minimum Gasteiger partial charge on any atom is -0.384 e. The standard InChI is InChI=1S/C6H13NO3S/c1-10-4-5-2-6(3-5)11(7,8)9/h5-6H,2-4H2,1H3,(H2,7,8,9). The van der Waals surface area contributed by atoms with E-state index in [2.05, 4.69) is 0 Å². The number of sulfonamides is 1. The molecular weight excluding hydrogens is 166 g/mol. The largest absolute Gasteiger partial charge is 0.384 e. The Morgan fingerprint density at radius 2 is 2.09 bits per heavy atom. The fraction of sp³-hybridized carbons (Fsp3) is 1.00. The Labute approximate surface area is 66.8 Å². The van der Waals surface area contributed by atoms with Crippen molar-refractivity contribution in [2.24, 2.45) is 11.1 Å². The van der Waals surface area contributed by atoms with Gasteiger partial charge in [0, 0.05) is 13.7 Å². The van der Waals surface area contributed by atoms with Crippen molar-refractivity contribution in [3.63, 3.8) is 0 Å². The average Bonchev–Trinajstić information content (AvgIpc) is 1.74. The molecule has 11 heavy (non-hydrogen) atoms. The second-order valence-corrected chi connectivity index (χ2v) is 4.85. The number of nitrogens with two attached hydrogens (primary N) is 1. The Kier molecular flexibility index (Phi) is 2.51. The maximum atomic E-state index is 10.7. The highest BCUT2D eigenvalue weighted by molar-refractivity contribution is 7.89. The molecule has 1 saturated carbocycles. The Balaban J connectivity index is 2.30. The zero-order chi connectivity index (χ0) is 8.48. The highest BCUT2D eigenvalue weighted by Crippen LogP contribution is 2.31. The van der Waals surface area contributed by atoms with Crippen LogP contribution in [0.15, 0.2) is 0 Å². The number of ether oxygens (including phenoxy) is 1. The first kappa shape index (κ1) is 8.96. The van der Waals surface area contributed by atoms with Gasteiger partial charge in [0.25, 0.3) is 0 Å². The number of methoxy groups -OCH3 is 1. The lowest BCUT2D eigenvalue weighted by Crippen LogP contribution is -2.41. The van der Waals surface area contributed by atoms with Crippen LogP contribution in [0.3, 0.4) is 0 Å². The molecule has 4 nitrogen and oxygen atoms in total. The molecule has 0 aromatic heterocycles. The number of hydrogen-bond donors (Lipinski definition) is 1. The SMILES string of the molecule is COCC1CC(S(N)(=O)=O)C1. The molecule has 1 fully saturated rings. The van der Waals surface area contributed by atoms with Crippen LogP contribution in [-0.4, -0.2) is 27.4 Å². The summed E-state index contributed by atoms with van der Waals surface area (Å²) in [5.74, 6) is 0.392. The Morgan fingerprint density at radius 1 is 1.55 bits per heavy atom. The topological polar surface area (TPSA) is 69.4 Å². The van der Waals surface area contributed by atoms with Crippen LogP contribution >= 0.6 is 0 Å². The van der Waals surface area contributed by atoms with E-state index in [9.17, 15) is 8.42 Å². The number of rotatable bonds is 3. The lowest BCUT2D eigenvalue weighted by atomic mass is 9.85. The summed E-state index contributed by atoms with van der Waals surface area (Å²) in [7, 11) is -1.66. The Hall–Kier alpha value is -0.130. The van der Waals surface area contributed by atoms with Crippen molar-refractivity contribution in [1.82, 2.24) is 0 Å². The van der Waals surface area contributed by atoms with Crippen LogP contribution in [0.4, 0.5) is 0 Å². The normalized spacial score (nSPS) is 31.5. The van der Waals surface area contributed by atoms with Crippen molar-refractivity contribution in [3.8, 4) is 0 Å². The van der Waals surface area contributed by atoms with Gasteiger partial charge in [0.05, 0.1) is 5.25 Å². The molecule has 0 aromatic rings. The minimum absolute atomic E-state index is 0.317. The van der Waals surface area contributed by atoms with Gasteiger partial charge in [-0.15, -0.1) is 0 Å². The molecule has 0 aromatic carbocycles. The van der Waals surface area contributed by atoms with Gasteiger partial charge in [-0.3, -0.25) is 0 Å². The predicted octanol–water partition coefficient (Wildman–Crippen LogP) is -0.300. The van der Waals surface area contributed by atoms with Gasteiger partial charge < -0.3 is 4.74 Å². The van der Waals surface area contributed by atoms with Crippen LogP contribution in [-0.2, 0) is 14.8 Å². The van der Waals surface area contributed by atoms with Crippen molar-refractivity contribution in [2.75, 3.05) is 13.7 Å². The summed E-state index contributed by atoms with van der Waals surface area (Å²) < 4.78 is 26.3. The smallest absolute Gasteiger partial charge is 0.211 e. The summed E-state index contributed by atoms with van der Waals surface area (Å²) in [6.07, 6.45) is 1.32. The molecule has 0 heterocycles. The van der Waals surface area contributed by atoms with Gasteiger partial charge >= 0.3 is 0 Å². The van der Waals surface area contributed by atoms with E-state index in [4.69, 9.17) is 9.88 Å². The first-order chi connectivity index (χ1) is 5.04. The average molecular weight is 179 g/mol. The van der Waals surface area contributed by atoms with Crippen molar-refractivity contribution in [3.05, 3.63) is 0 Å². The summed E-state index contributed by atoms with van der Waals surface area (Å²) in [6, 6.07) is 0. The second-order valence-electron chi connectivity index (χ2n) is 3.00. The summed E-state index contributed by atoms with van der Waals surface area (Å²) in [6.45, 7) is 0.645. The van der Waals surface area contributed by atoms with E-state index in [1.54, 1.807) is 7.11 Å². The van der Waals surface area contributed by atoms with E-state index in [0.717, 1.165) is 0 Å². The minimum atomic E-state index is -3.27. The van der Waals surface area contributed by atoms with Crippen LogP contribution in [0.2, 0.25) is 0 Å². The third-order valence-electron chi connectivity index (χ3n) is 2.06. The lowest BCUT2D eigenvalue weighted by Gasteiger charge is -2.32. The predicted molar refractivity (Wildman–Crippen MR) is 41.5 cm³/mol. The molecule has 0 amide bonds. The fourth-order valence-corrected chi connectivity index (χ4v) is 2.40. The zero-order valence-corrected chi connectivity index (χ0v) is 7.30. The van der Waals surface area contributed by atoms with Gasteiger partial charge in [-0.1, -0.05) is 0 Å². The van der Waals surface area contributed by atoms with Crippen molar-refractivity contribution in [1.29, 1.82) is 0 Å². The van der Waals surface area contributed by atoms with Crippen LogP contribution in [0.1, 0.15) is 12.8 Å². The molecule has 1 aliphatic rings. The molecule has 0 bridgehead atoms. The molecule has 0 atom stereocenters. The third-order valence-corrected chi connectivity index (χ3v) is 3.37. The molecule has 1 rings (SSSR count). The summed E-state index contributed by atoms with van der Waals surface area (Å²) in [5.41, 5.74) is 0. The summed E-state index contributed by atoms with van der Waals surface area (Å²) in [5, 5.41) is 4.61. The molecule has 1 aliphatic carbocycles. The molecule has 0 spiro atoms. The Morgan fingerprint density at radius 3 is 2.45 bits per heavy atom. The van der Waals surface area contributed by atoms with E-state index < -0.39 is 10.0 Å². The van der Waals surface area contributed by atoms with Gasteiger partial charge in [0.1, 0.15) is 0 Å². The number of hydrogen-bond acceptors (Lipinski definition) is 3. The zero-order valence-electron chi connectivity index (χ0n) is 6.49. The first-order valence-electron chi connectivity index (χ1n) is 3.54. The van der Waals surface area contributed by atoms with Crippen molar-refractivity contribution < 1.29 is 13.2 Å². The molecule has 0 unspecified atom stereocenters. The van der Waals surface area contributed by atoms with Crippen LogP contribution < -0.4 is 5.14 Å². The van der Waals surface area contributed by atoms with Crippen molar-refractivity contribution in [2.45, 2.75) is 18.1 Å². The van der Waals surface area contributed by atoms with Crippen molar-refractivity contribution >= 4 is 10.0 Å². The molecule has 0 aliphatic heterocycles. The van der Waals surface area contributed by atoms with Gasteiger partial charge in [-0.2, -0.15) is 0 Å². The summed E-state index contributed by atoms with van der Waals surface area (Å²) >= 11 is 0. The van der Waals surface area contributed by atoms with E-state index in [1.165, 1.54) is 0 Å². The number of primary sulfonamides is 1. The van der Waals surface area contributed by atoms with Crippen LogP contribution in [0.25, 0.3) is 0 Å². The van der Waals surface area contributed by atoms with Gasteiger partial charge in [-0.05, 0) is 18.8 Å². The highest BCUT2D eigenvalue weighted by Gasteiger charge is 2.36. The first-order valence-corrected chi connectivity index (χ1v) is 5.15. The molecular formula is C6H13NO3S. The van der Waals surface area contributed by atoms with Gasteiger partial charge in [-0.25, -0.2) is 13.6 Å². The van der Waals surface area contributed by atoms with Gasteiger partial charge in [0.15, 0.2) is 0 Å².